The maximum atomic E-state index is 11.4. The lowest BCUT2D eigenvalue weighted by atomic mass is 9.85. The Morgan fingerprint density at radius 1 is 1.25 bits per heavy atom. The van der Waals surface area contributed by atoms with Crippen LogP contribution in [-0.2, 0) is 4.79 Å². The molecule has 2 heteroatoms. The Morgan fingerprint density at radius 3 is 2.62 bits per heavy atom. The first-order chi connectivity index (χ1) is 7.79. The molecule has 2 nitrogen and oxygen atoms in total. The highest BCUT2D eigenvalue weighted by Crippen LogP contribution is 2.38. The molecule has 1 unspecified atom stereocenters. The SMILES string of the molecule is CCC1CCCCN1CC1(C=O)CCCC1. The highest BCUT2D eigenvalue weighted by molar-refractivity contribution is 5.60. The monoisotopic (exact) mass is 223 g/mol. The number of carbonyl (C=O) groups is 1. The molecule has 1 aliphatic carbocycles. The second-order valence-electron chi connectivity index (χ2n) is 5.72. The van der Waals surface area contributed by atoms with Gasteiger partial charge in [0.25, 0.3) is 0 Å². The van der Waals surface area contributed by atoms with Gasteiger partial charge < -0.3 is 4.79 Å². The van der Waals surface area contributed by atoms with Gasteiger partial charge in [-0.15, -0.1) is 0 Å². The van der Waals surface area contributed by atoms with Gasteiger partial charge in [-0.1, -0.05) is 26.2 Å². The molecule has 0 amide bonds. The minimum absolute atomic E-state index is 0.0186. The van der Waals surface area contributed by atoms with Crippen molar-refractivity contribution in [2.24, 2.45) is 5.41 Å². The van der Waals surface area contributed by atoms with Crippen LogP contribution in [0.4, 0.5) is 0 Å². The summed E-state index contributed by atoms with van der Waals surface area (Å²) in [5.74, 6) is 0. The van der Waals surface area contributed by atoms with Crippen LogP contribution in [0.1, 0.15) is 58.3 Å². The van der Waals surface area contributed by atoms with E-state index in [-0.39, 0.29) is 5.41 Å². The van der Waals surface area contributed by atoms with E-state index in [2.05, 4.69) is 11.8 Å². The molecule has 0 radical (unpaired) electrons. The minimum atomic E-state index is 0.0186. The number of piperidine rings is 1. The molecule has 1 aliphatic heterocycles. The fourth-order valence-corrected chi connectivity index (χ4v) is 3.53. The van der Waals surface area contributed by atoms with Gasteiger partial charge in [0.1, 0.15) is 6.29 Å². The van der Waals surface area contributed by atoms with E-state index in [9.17, 15) is 4.79 Å². The minimum Gasteiger partial charge on any atom is -0.303 e. The average Bonchev–Trinajstić information content (AvgIpc) is 2.79. The molecule has 0 N–H and O–H groups in total. The van der Waals surface area contributed by atoms with Gasteiger partial charge >= 0.3 is 0 Å². The van der Waals surface area contributed by atoms with Crippen LogP contribution >= 0.6 is 0 Å². The van der Waals surface area contributed by atoms with Crippen molar-refractivity contribution in [3.8, 4) is 0 Å². The summed E-state index contributed by atoms with van der Waals surface area (Å²) in [7, 11) is 0. The largest absolute Gasteiger partial charge is 0.303 e. The van der Waals surface area contributed by atoms with Crippen molar-refractivity contribution in [3.05, 3.63) is 0 Å². The lowest BCUT2D eigenvalue weighted by Crippen LogP contribution is -2.45. The van der Waals surface area contributed by atoms with Crippen LogP contribution in [0.5, 0.6) is 0 Å². The number of aldehydes is 1. The predicted molar refractivity (Wildman–Crippen MR) is 66.5 cm³/mol. The van der Waals surface area contributed by atoms with Crippen molar-refractivity contribution in [1.82, 2.24) is 4.90 Å². The lowest BCUT2D eigenvalue weighted by molar-refractivity contribution is -0.117. The van der Waals surface area contributed by atoms with Crippen molar-refractivity contribution in [2.75, 3.05) is 13.1 Å². The van der Waals surface area contributed by atoms with Crippen LogP contribution in [0.2, 0.25) is 0 Å². The van der Waals surface area contributed by atoms with Crippen LogP contribution in [0.15, 0.2) is 0 Å². The Morgan fingerprint density at radius 2 is 2.00 bits per heavy atom. The Hall–Kier alpha value is -0.370. The summed E-state index contributed by atoms with van der Waals surface area (Å²) in [5.41, 5.74) is 0.0186. The number of hydrogen-bond acceptors (Lipinski definition) is 2. The van der Waals surface area contributed by atoms with Crippen molar-refractivity contribution in [3.63, 3.8) is 0 Å². The first-order valence-electron chi connectivity index (χ1n) is 7.00. The van der Waals surface area contributed by atoms with Crippen molar-refractivity contribution < 1.29 is 4.79 Å². The van der Waals surface area contributed by atoms with Crippen LogP contribution in [0, 0.1) is 5.41 Å². The summed E-state index contributed by atoms with van der Waals surface area (Å²) in [4.78, 5) is 14.0. The summed E-state index contributed by atoms with van der Waals surface area (Å²) >= 11 is 0. The molecule has 0 spiro atoms. The number of carbonyl (C=O) groups excluding carboxylic acids is 1. The van der Waals surface area contributed by atoms with Gasteiger partial charge in [-0.25, -0.2) is 0 Å². The van der Waals surface area contributed by atoms with Crippen LogP contribution in [0.3, 0.4) is 0 Å². The molecule has 1 heterocycles. The molecule has 0 aromatic carbocycles. The Kier molecular flexibility index (Phi) is 4.01. The standard InChI is InChI=1S/C14H25NO/c1-2-13-7-3-6-10-15(13)11-14(12-16)8-4-5-9-14/h12-13H,2-11H2,1H3. The summed E-state index contributed by atoms with van der Waals surface area (Å²) in [6, 6.07) is 0.742. The van der Waals surface area contributed by atoms with E-state index in [1.54, 1.807) is 0 Å². The van der Waals surface area contributed by atoms with Crippen LogP contribution < -0.4 is 0 Å². The van der Waals surface area contributed by atoms with Gasteiger partial charge in [0.15, 0.2) is 0 Å². The molecule has 92 valence electrons. The van der Waals surface area contributed by atoms with E-state index < -0.39 is 0 Å². The molecule has 2 aliphatic rings. The lowest BCUT2D eigenvalue weighted by Gasteiger charge is -2.39. The topological polar surface area (TPSA) is 20.3 Å². The summed E-state index contributed by atoms with van der Waals surface area (Å²) in [6.45, 7) is 4.54. The average molecular weight is 223 g/mol. The first kappa shape index (κ1) is 12.1. The number of likely N-dealkylation sites (tertiary alicyclic amines) is 1. The Balaban J connectivity index is 1.97. The second-order valence-corrected chi connectivity index (χ2v) is 5.72. The smallest absolute Gasteiger partial charge is 0.127 e. The van der Waals surface area contributed by atoms with Gasteiger partial charge in [-0.3, -0.25) is 4.90 Å². The quantitative estimate of drug-likeness (QED) is 0.683. The number of nitrogens with zero attached hydrogens (tertiary/aromatic N) is 1. The molecule has 0 aromatic heterocycles. The van der Waals surface area contributed by atoms with Crippen molar-refractivity contribution in [1.29, 1.82) is 0 Å². The van der Waals surface area contributed by atoms with E-state index in [1.165, 1.54) is 51.4 Å². The highest BCUT2D eigenvalue weighted by atomic mass is 16.1. The molecule has 2 fully saturated rings. The summed E-state index contributed by atoms with van der Waals surface area (Å²) in [5, 5.41) is 0. The molecule has 1 atom stereocenters. The Bertz CT molecular complexity index is 233. The van der Waals surface area contributed by atoms with E-state index >= 15 is 0 Å². The van der Waals surface area contributed by atoms with Gasteiger partial charge in [-0.2, -0.15) is 0 Å². The third kappa shape index (κ3) is 2.48. The normalized spacial score (nSPS) is 30.4. The van der Waals surface area contributed by atoms with E-state index in [1.807, 2.05) is 0 Å². The number of hydrogen-bond donors (Lipinski definition) is 0. The van der Waals surface area contributed by atoms with Gasteiger partial charge in [-0.05, 0) is 38.6 Å². The number of rotatable bonds is 4. The zero-order chi connectivity index (χ0) is 11.4. The molecular formula is C14H25NO. The maximum absolute atomic E-state index is 11.4. The zero-order valence-corrected chi connectivity index (χ0v) is 10.6. The fourth-order valence-electron chi connectivity index (χ4n) is 3.53. The van der Waals surface area contributed by atoms with Crippen molar-refractivity contribution >= 4 is 6.29 Å². The van der Waals surface area contributed by atoms with Gasteiger partial charge in [0, 0.05) is 18.0 Å². The third-order valence-electron chi connectivity index (χ3n) is 4.59. The molecule has 1 saturated carbocycles. The highest BCUT2D eigenvalue weighted by Gasteiger charge is 2.37. The van der Waals surface area contributed by atoms with Gasteiger partial charge in [0.05, 0.1) is 0 Å². The Labute approximate surface area is 99.4 Å². The van der Waals surface area contributed by atoms with Crippen molar-refractivity contribution in [2.45, 2.75) is 64.3 Å². The predicted octanol–water partition coefficient (Wildman–Crippen LogP) is 3.01. The summed E-state index contributed by atoms with van der Waals surface area (Å²) in [6.07, 6.45) is 11.3. The van der Waals surface area contributed by atoms with Crippen LogP contribution in [0.25, 0.3) is 0 Å². The first-order valence-corrected chi connectivity index (χ1v) is 7.00. The zero-order valence-electron chi connectivity index (χ0n) is 10.6. The summed E-state index contributed by atoms with van der Waals surface area (Å²) < 4.78 is 0. The van der Waals surface area contributed by atoms with E-state index in [0.717, 1.165) is 25.4 Å². The van der Waals surface area contributed by atoms with E-state index in [4.69, 9.17) is 0 Å². The molecule has 2 rings (SSSR count). The van der Waals surface area contributed by atoms with E-state index in [0.29, 0.717) is 0 Å². The third-order valence-corrected chi connectivity index (χ3v) is 4.59. The van der Waals surface area contributed by atoms with Crippen LogP contribution in [-0.4, -0.2) is 30.3 Å². The molecular weight excluding hydrogens is 198 g/mol. The molecule has 1 saturated heterocycles. The molecule has 0 bridgehead atoms. The maximum Gasteiger partial charge on any atom is 0.127 e. The molecule has 16 heavy (non-hydrogen) atoms. The molecule has 0 aromatic rings. The van der Waals surface area contributed by atoms with Gasteiger partial charge in [0.2, 0.25) is 0 Å². The fraction of sp³-hybridized carbons (Fsp3) is 0.929. The second kappa shape index (κ2) is 5.31.